The molecule has 1 N–H and O–H groups in total. The molecule has 2 aromatic rings. The quantitative estimate of drug-likeness (QED) is 0.448. The predicted octanol–water partition coefficient (Wildman–Crippen LogP) is 1.37. The summed E-state index contributed by atoms with van der Waals surface area (Å²) >= 11 is 0.866. The third-order valence-electron chi connectivity index (χ3n) is 3.28. The molecule has 2 heterocycles. The Morgan fingerprint density at radius 1 is 1.31 bits per heavy atom. The molecule has 0 saturated carbocycles. The first-order valence-electron chi connectivity index (χ1n) is 7.06. The molecule has 0 radical (unpaired) electrons. The number of nitrogens with zero attached hydrogens (tertiary/aromatic N) is 3. The van der Waals surface area contributed by atoms with Crippen LogP contribution in [0.5, 0.6) is 0 Å². The Hall–Kier alpha value is -3.28. The second-order valence-corrected chi connectivity index (χ2v) is 5.94. The Morgan fingerprint density at radius 2 is 1.96 bits per heavy atom. The van der Waals surface area contributed by atoms with Gasteiger partial charge in [-0.15, -0.1) is 11.3 Å². The Labute approximate surface area is 150 Å². The minimum Gasteiger partial charge on any atom is -0.465 e. The number of anilines is 1. The average molecular weight is 382 g/mol. The lowest BCUT2D eigenvalue weighted by atomic mass is 10.1. The molecule has 2 rings (SSSR count). The lowest BCUT2D eigenvalue weighted by Crippen LogP contribution is -2.20. The molecule has 1 amide bonds. The van der Waals surface area contributed by atoms with Crippen molar-refractivity contribution in [3.63, 3.8) is 0 Å². The standard InChI is InChI=1S/C14H14N4O7S/c1-7-10(13(20)24-2)12(26-11(7)14(21)25-3)15-9(19)6-17-5-4-8(16-17)18(22)23/h4-5H,6H2,1-3H3,(H,15,19). The first-order valence-corrected chi connectivity index (χ1v) is 7.87. The molecule has 12 heteroatoms. The molecular weight excluding hydrogens is 368 g/mol. The second kappa shape index (κ2) is 7.74. The molecular formula is C14H14N4O7S. The monoisotopic (exact) mass is 382 g/mol. The summed E-state index contributed by atoms with van der Waals surface area (Å²) in [6, 6.07) is 1.15. The molecule has 11 nitrogen and oxygen atoms in total. The molecule has 0 aromatic carbocycles. The van der Waals surface area contributed by atoms with Gasteiger partial charge in [0, 0.05) is 0 Å². The van der Waals surface area contributed by atoms with Crippen LogP contribution in [0.15, 0.2) is 12.3 Å². The Balaban J connectivity index is 2.26. The van der Waals surface area contributed by atoms with Gasteiger partial charge in [0.1, 0.15) is 16.4 Å². The van der Waals surface area contributed by atoms with Gasteiger partial charge in [0.2, 0.25) is 5.91 Å². The number of amides is 1. The van der Waals surface area contributed by atoms with E-state index in [2.05, 4.69) is 19.9 Å². The smallest absolute Gasteiger partial charge is 0.389 e. The predicted molar refractivity (Wildman–Crippen MR) is 89.2 cm³/mol. The van der Waals surface area contributed by atoms with Gasteiger partial charge in [-0.1, -0.05) is 0 Å². The van der Waals surface area contributed by atoms with Gasteiger partial charge in [0.15, 0.2) is 0 Å². The number of hydrogen-bond donors (Lipinski definition) is 1. The summed E-state index contributed by atoms with van der Waals surface area (Å²) < 4.78 is 10.4. The summed E-state index contributed by atoms with van der Waals surface area (Å²) in [6.07, 6.45) is 1.28. The zero-order chi connectivity index (χ0) is 19.4. The fourth-order valence-electron chi connectivity index (χ4n) is 2.09. The molecule has 0 spiro atoms. The highest BCUT2D eigenvalue weighted by molar-refractivity contribution is 7.18. The molecule has 0 saturated heterocycles. The third-order valence-corrected chi connectivity index (χ3v) is 4.47. The van der Waals surface area contributed by atoms with Gasteiger partial charge < -0.3 is 24.9 Å². The normalized spacial score (nSPS) is 10.3. The molecule has 0 bridgehead atoms. The van der Waals surface area contributed by atoms with Crippen LogP contribution in [0.25, 0.3) is 0 Å². The number of methoxy groups -OCH3 is 2. The van der Waals surface area contributed by atoms with Crippen molar-refractivity contribution in [2.45, 2.75) is 13.5 Å². The Morgan fingerprint density at radius 3 is 2.50 bits per heavy atom. The van der Waals surface area contributed by atoms with E-state index in [1.54, 1.807) is 0 Å². The lowest BCUT2D eigenvalue weighted by molar-refractivity contribution is -0.389. The van der Waals surface area contributed by atoms with E-state index in [1.807, 2.05) is 0 Å². The first kappa shape index (κ1) is 19.1. The highest BCUT2D eigenvalue weighted by Gasteiger charge is 2.27. The molecule has 0 aliphatic rings. The molecule has 0 atom stereocenters. The molecule has 138 valence electrons. The molecule has 0 fully saturated rings. The number of esters is 2. The zero-order valence-electron chi connectivity index (χ0n) is 14.0. The van der Waals surface area contributed by atoms with Gasteiger partial charge in [0.05, 0.1) is 37.1 Å². The largest absolute Gasteiger partial charge is 0.465 e. The fourth-order valence-corrected chi connectivity index (χ4v) is 3.22. The number of nitro groups is 1. The van der Waals surface area contributed by atoms with Gasteiger partial charge >= 0.3 is 17.8 Å². The van der Waals surface area contributed by atoms with Crippen LogP contribution in [-0.4, -0.2) is 46.8 Å². The van der Waals surface area contributed by atoms with Crippen molar-refractivity contribution in [1.29, 1.82) is 0 Å². The van der Waals surface area contributed by atoms with E-state index in [0.717, 1.165) is 22.1 Å². The summed E-state index contributed by atoms with van der Waals surface area (Å²) in [5, 5.41) is 16.8. The van der Waals surface area contributed by atoms with Crippen LogP contribution in [0.1, 0.15) is 25.6 Å². The number of hydrogen-bond acceptors (Lipinski definition) is 9. The number of aromatic nitrogens is 2. The van der Waals surface area contributed by atoms with E-state index < -0.39 is 28.6 Å². The van der Waals surface area contributed by atoms with Crippen molar-refractivity contribution in [3.05, 3.63) is 38.4 Å². The summed E-state index contributed by atoms with van der Waals surface area (Å²) in [4.78, 5) is 46.0. The fraction of sp³-hybridized carbons (Fsp3) is 0.286. The van der Waals surface area contributed by atoms with Crippen LogP contribution in [0.4, 0.5) is 10.8 Å². The molecule has 2 aromatic heterocycles. The lowest BCUT2D eigenvalue weighted by Gasteiger charge is -2.05. The van der Waals surface area contributed by atoms with Crippen molar-refractivity contribution < 1.29 is 28.8 Å². The van der Waals surface area contributed by atoms with Crippen LogP contribution in [0.3, 0.4) is 0 Å². The topological polar surface area (TPSA) is 143 Å². The Bertz CT molecular complexity index is 886. The number of rotatable bonds is 6. The minimum absolute atomic E-state index is 0.0395. The van der Waals surface area contributed by atoms with E-state index in [4.69, 9.17) is 0 Å². The molecule has 26 heavy (non-hydrogen) atoms. The van der Waals surface area contributed by atoms with Gasteiger partial charge in [0.25, 0.3) is 0 Å². The maximum Gasteiger partial charge on any atom is 0.389 e. The van der Waals surface area contributed by atoms with E-state index in [0.29, 0.717) is 5.56 Å². The zero-order valence-corrected chi connectivity index (χ0v) is 14.8. The SMILES string of the molecule is COC(=O)c1sc(NC(=O)Cn2ccc([N+](=O)[O-])n2)c(C(=O)OC)c1C. The van der Waals surface area contributed by atoms with Gasteiger partial charge in [-0.2, -0.15) is 4.68 Å². The van der Waals surface area contributed by atoms with Crippen molar-refractivity contribution in [1.82, 2.24) is 9.78 Å². The van der Waals surface area contributed by atoms with Crippen molar-refractivity contribution in [2.24, 2.45) is 0 Å². The summed E-state index contributed by atoms with van der Waals surface area (Å²) in [7, 11) is 2.37. The Kier molecular flexibility index (Phi) is 5.67. The number of ether oxygens (including phenoxy) is 2. The van der Waals surface area contributed by atoms with E-state index in [-0.39, 0.29) is 22.0 Å². The average Bonchev–Trinajstić information content (AvgIpc) is 3.18. The first-order chi connectivity index (χ1) is 12.3. The summed E-state index contributed by atoms with van der Waals surface area (Å²) in [5.41, 5.74) is 0.358. The van der Waals surface area contributed by atoms with Gasteiger partial charge in [-0.3, -0.25) is 4.79 Å². The highest BCUT2D eigenvalue weighted by Crippen LogP contribution is 2.34. The summed E-state index contributed by atoms with van der Waals surface area (Å²) in [5.74, 6) is -2.36. The van der Waals surface area contributed by atoms with Crippen LogP contribution >= 0.6 is 11.3 Å². The van der Waals surface area contributed by atoms with E-state index in [1.165, 1.54) is 27.3 Å². The second-order valence-electron chi connectivity index (χ2n) is 4.92. The molecule has 0 aliphatic carbocycles. The summed E-state index contributed by atoms with van der Waals surface area (Å²) in [6.45, 7) is 1.21. The number of carbonyl (C=O) groups excluding carboxylic acids is 3. The van der Waals surface area contributed by atoms with Gasteiger partial charge in [-0.25, -0.2) is 9.59 Å². The van der Waals surface area contributed by atoms with Crippen molar-refractivity contribution in [3.8, 4) is 0 Å². The van der Waals surface area contributed by atoms with Crippen molar-refractivity contribution >= 4 is 40.0 Å². The number of nitrogens with one attached hydrogen (secondary N) is 1. The maximum absolute atomic E-state index is 12.2. The molecule has 0 unspecified atom stereocenters. The third kappa shape index (κ3) is 3.85. The van der Waals surface area contributed by atoms with Crippen LogP contribution in [-0.2, 0) is 20.8 Å². The van der Waals surface area contributed by atoms with Gasteiger partial charge in [-0.05, 0) is 17.4 Å². The van der Waals surface area contributed by atoms with Crippen molar-refractivity contribution in [2.75, 3.05) is 19.5 Å². The molecule has 0 aliphatic heterocycles. The van der Waals surface area contributed by atoms with E-state index in [9.17, 15) is 24.5 Å². The number of thiophene rings is 1. The maximum atomic E-state index is 12.2. The minimum atomic E-state index is -0.723. The van der Waals surface area contributed by atoms with Crippen LogP contribution in [0, 0.1) is 17.0 Å². The van der Waals surface area contributed by atoms with Crippen LogP contribution in [0.2, 0.25) is 0 Å². The highest BCUT2D eigenvalue weighted by atomic mass is 32.1. The van der Waals surface area contributed by atoms with Crippen LogP contribution < -0.4 is 5.32 Å². The number of carbonyl (C=O) groups is 3. The van der Waals surface area contributed by atoms with E-state index >= 15 is 0 Å².